The van der Waals surface area contributed by atoms with Gasteiger partial charge in [0, 0.05) is 0 Å². The fraction of sp³-hybridized carbons (Fsp3) is 0.143. The van der Waals surface area contributed by atoms with Gasteiger partial charge in [-0.15, -0.1) is 11.3 Å². The Hall–Kier alpha value is -2.14. The van der Waals surface area contributed by atoms with E-state index >= 15 is 0 Å². The van der Waals surface area contributed by atoms with Crippen molar-refractivity contribution in [3.8, 4) is 0 Å². The number of carbonyl (C=O) groups is 2. The van der Waals surface area contributed by atoms with Gasteiger partial charge in [-0.3, -0.25) is 4.79 Å². The molecule has 0 aliphatic carbocycles. The first-order chi connectivity index (χ1) is 9.08. The second-order valence-corrected chi connectivity index (χ2v) is 5.17. The summed E-state index contributed by atoms with van der Waals surface area (Å²) in [7, 11) is 0. The van der Waals surface area contributed by atoms with Crippen LogP contribution in [-0.2, 0) is 4.79 Å². The van der Waals surface area contributed by atoms with Crippen molar-refractivity contribution in [1.29, 1.82) is 0 Å². The molecule has 1 aromatic heterocycles. The maximum absolute atomic E-state index is 12.0. The molecule has 5 heteroatoms. The summed E-state index contributed by atoms with van der Waals surface area (Å²) >= 11 is 1.05. The number of nitrogens with one attached hydrogen (secondary N) is 1. The molecule has 0 saturated heterocycles. The Labute approximate surface area is 114 Å². The number of rotatable bonds is 4. The monoisotopic (exact) mass is 275 g/mol. The molecule has 0 aliphatic rings. The van der Waals surface area contributed by atoms with Crippen LogP contribution in [0, 0.1) is 0 Å². The largest absolute Gasteiger partial charge is 0.477 e. The van der Waals surface area contributed by atoms with Gasteiger partial charge in [0.2, 0.25) is 5.91 Å². The lowest BCUT2D eigenvalue weighted by atomic mass is 10.0. The van der Waals surface area contributed by atoms with Gasteiger partial charge < -0.3 is 10.4 Å². The van der Waals surface area contributed by atoms with E-state index in [0.717, 1.165) is 16.9 Å². The predicted molar refractivity (Wildman–Crippen MR) is 74.8 cm³/mol. The van der Waals surface area contributed by atoms with E-state index in [-0.39, 0.29) is 16.7 Å². The predicted octanol–water partition coefficient (Wildman–Crippen LogP) is 3.19. The molecule has 98 valence electrons. The number of aromatic carboxylic acids is 1. The topological polar surface area (TPSA) is 66.4 Å². The second kappa shape index (κ2) is 5.67. The number of anilines is 1. The minimum atomic E-state index is -0.985. The zero-order valence-electron chi connectivity index (χ0n) is 10.3. The first kappa shape index (κ1) is 13.3. The van der Waals surface area contributed by atoms with Crippen LogP contribution < -0.4 is 5.32 Å². The number of carboxylic acid groups (broad SMARTS) is 1. The van der Waals surface area contributed by atoms with Crippen LogP contribution >= 0.6 is 11.3 Å². The number of carboxylic acids is 1. The normalized spacial score (nSPS) is 11.8. The van der Waals surface area contributed by atoms with Gasteiger partial charge in [-0.1, -0.05) is 30.3 Å². The number of carbonyl (C=O) groups excluding carboxylic acids is 1. The molecule has 1 aromatic carbocycles. The summed E-state index contributed by atoms with van der Waals surface area (Å²) in [6.07, 6.45) is 0. The molecule has 19 heavy (non-hydrogen) atoms. The highest BCUT2D eigenvalue weighted by atomic mass is 32.1. The summed E-state index contributed by atoms with van der Waals surface area (Å²) in [5.41, 5.74) is 0.926. The number of amides is 1. The van der Waals surface area contributed by atoms with Crippen molar-refractivity contribution in [3.05, 3.63) is 52.9 Å². The third-order valence-corrected chi connectivity index (χ3v) is 3.74. The second-order valence-electron chi connectivity index (χ2n) is 4.09. The Balaban J connectivity index is 2.06. The smallest absolute Gasteiger partial charge is 0.345 e. The van der Waals surface area contributed by atoms with Crippen LogP contribution in [0.4, 0.5) is 5.00 Å². The standard InChI is InChI=1S/C14H13NO3S/c1-9(10-5-3-2-4-6-10)13(16)15-12-8-7-11(19-12)14(17)18/h2-9H,1H3,(H,15,16)(H,17,18). The Morgan fingerprint density at radius 3 is 2.42 bits per heavy atom. The molecule has 1 unspecified atom stereocenters. The third-order valence-electron chi connectivity index (χ3n) is 2.76. The third kappa shape index (κ3) is 3.20. The first-order valence-corrected chi connectivity index (χ1v) is 6.58. The summed E-state index contributed by atoms with van der Waals surface area (Å²) in [6, 6.07) is 12.5. The van der Waals surface area contributed by atoms with Crippen molar-refractivity contribution in [1.82, 2.24) is 0 Å². The van der Waals surface area contributed by atoms with E-state index in [2.05, 4.69) is 5.32 Å². The highest BCUT2D eigenvalue weighted by molar-refractivity contribution is 7.18. The van der Waals surface area contributed by atoms with Crippen LogP contribution in [0.1, 0.15) is 28.1 Å². The first-order valence-electron chi connectivity index (χ1n) is 5.77. The van der Waals surface area contributed by atoms with Crippen molar-refractivity contribution in [2.75, 3.05) is 5.32 Å². The van der Waals surface area contributed by atoms with E-state index in [4.69, 9.17) is 5.11 Å². The summed E-state index contributed by atoms with van der Waals surface area (Å²) in [5.74, 6) is -1.41. The van der Waals surface area contributed by atoms with Crippen molar-refractivity contribution < 1.29 is 14.7 Å². The van der Waals surface area contributed by atoms with E-state index in [1.165, 1.54) is 6.07 Å². The number of hydrogen-bond donors (Lipinski definition) is 2. The Kier molecular flexibility index (Phi) is 3.97. The molecule has 0 aliphatic heterocycles. The minimum Gasteiger partial charge on any atom is -0.477 e. The van der Waals surface area contributed by atoms with Crippen molar-refractivity contribution >= 4 is 28.2 Å². The Morgan fingerprint density at radius 2 is 1.84 bits per heavy atom. The fourth-order valence-electron chi connectivity index (χ4n) is 1.64. The molecular formula is C14H13NO3S. The van der Waals surface area contributed by atoms with E-state index < -0.39 is 5.97 Å². The van der Waals surface area contributed by atoms with E-state index in [1.807, 2.05) is 37.3 Å². The van der Waals surface area contributed by atoms with Gasteiger partial charge in [0.25, 0.3) is 0 Å². The Bertz CT molecular complexity index is 592. The van der Waals surface area contributed by atoms with Crippen LogP contribution in [0.15, 0.2) is 42.5 Å². The molecule has 2 aromatic rings. The summed E-state index contributed by atoms with van der Waals surface area (Å²) in [6.45, 7) is 1.82. The lowest BCUT2D eigenvalue weighted by Crippen LogP contribution is -2.18. The zero-order valence-corrected chi connectivity index (χ0v) is 11.1. The molecule has 1 atom stereocenters. The van der Waals surface area contributed by atoms with Gasteiger partial charge >= 0.3 is 5.97 Å². The van der Waals surface area contributed by atoms with Gasteiger partial charge in [0.15, 0.2) is 0 Å². The van der Waals surface area contributed by atoms with Crippen LogP contribution in [0.2, 0.25) is 0 Å². The number of thiophene rings is 1. The maximum Gasteiger partial charge on any atom is 0.345 e. The molecule has 2 N–H and O–H groups in total. The highest BCUT2D eigenvalue weighted by Crippen LogP contribution is 2.24. The number of benzene rings is 1. The quantitative estimate of drug-likeness (QED) is 0.900. The minimum absolute atomic E-state index is 0.148. The van der Waals surface area contributed by atoms with Crippen LogP contribution in [0.5, 0.6) is 0 Å². The molecule has 0 saturated carbocycles. The average molecular weight is 275 g/mol. The van der Waals surface area contributed by atoms with E-state index in [9.17, 15) is 9.59 Å². The molecular weight excluding hydrogens is 262 g/mol. The molecule has 0 fully saturated rings. The average Bonchev–Trinajstić information content (AvgIpc) is 2.87. The summed E-state index contributed by atoms with van der Waals surface area (Å²) in [4.78, 5) is 23.0. The van der Waals surface area contributed by atoms with E-state index in [0.29, 0.717) is 5.00 Å². The number of hydrogen-bond acceptors (Lipinski definition) is 3. The maximum atomic E-state index is 12.0. The lowest BCUT2D eigenvalue weighted by molar-refractivity contribution is -0.117. The van der Waals surface area contributed by atoms with Crippen LogP contribution in [0.3, 0.4) is 0 Å². The van der Waals surface area contributed by atoms with Crippen molar-refractivity contribution in [2.24, 2.45) is 0 Å². The van der Waals surface area contributed by atoms with Crippen molar-refractivity contribution in [3.63, 3.8) is 0 Å². The van der Waals surface area contributed by atoms with Gasteiger partial charge in [-0.05, 0) is 24.6 Å². The molecule has 0 bridgehead atoms. The van der Waals surface area contributed by atoms with Crippen LogP contribution in [0.25, 0.3) is 0 Å². The molecule has 1 heterocycles. The highest BCUT2D eigenvalue weighted by Gasteiger charge is 2.16. The van der Waals surface area contributed by atoms with Crippen LogP contribution in [-0.4, -0.2) is 17.0 Å². The summed E-state index contributed by atoms with van der Waals surface area (Å²) < 4.78 is 0. The molecule has 0 radical (unpaired) electrons. The molecule has 1 amide bonds. The van der Waals surface area contributed by atoms with Gasteiger partial charge in [-0.2, -0.15) is 0 Å². The summed E-state index contributed by atoms with van der Waals surface area (Å²) in [5, 5.41) is 12.1. The van der Waals surface area contributed by atoms with E-state index in [1.54, 1.807) is 6.07 Å². The Morgan fingerprint density at radius 1 is 1.16 bits per heavy atom. The van der Waals surface area contributed by atoms with Gasteiger partial charge in [0.1, 0.15) is 4.88 Å². The SMILES string of the molecule is CC(C(=O)Nc1ccc(C(=O)O)s1)c1ccccc1. The zero-order chi connectivity index (χ0) is 13.8. The molecule has 4 nitrogen and oxygen atoms in total. The molecule has 2 rings (SSSR count). The van der Waals surface area contributed by atoms with Crippen molar-refractivity contribution in [2.45, 2.75) is 12.8 Å². The molecule has 0 spiro atoms. The van der Waals surface area contributed by atoms with Gasteiger partial charge in [-0.25, -0.2) is 4.79 Å². The van der Waals surface area contributed by atoms with Gasteiger partial charge in [0.05, 0.1) is 10.9 Å². The lowest BCUT2D eigenvalue weighted by Gasteiger charge is -2.11. The fourth-order valence-corrected chi connectivity index (χ4v) is 2.39.